The number of aromatic hydroxyl groups is 1. The summed E-state index contributed by atoms with van der Waals surface area (Å²) in [6, 6.07) is 10.7. The second kappa shape index (κ2) is 4.52. The van der Waals surface area contributed by atoms with Gasteiger partial charge >= 0.3 is 5.97 Å². The summed E-state index contributed by atoms with van der Waals surface area (Å²) in [6.07, 6.45) is 0.547. The van der Waals surface area contributed by atoms with Gasteiger partial charge < -0.3 is 10.2 Å². The molecule has 2 unspecified atom stereocenters. The van der Waals surface area contributed by atoms with Crippen LogP contribution in [0, 0.1) is 5.92 Å². The maximum atomic E-state index is 11.1. The number of aliphatic carboxylic acids is 1. The van der Waals surface area contributed by atoms with E-state index in [9.17, 15) is 9.90 Å². The molecule has 7 heteroatoms. The van der Waals surface area contributed by atoms with Gasteiger partial charge in [0, 0.05) is 16.7 Å². The quantitative estimate of drug-likeness (QED) is 0.763. The van der Waals surface area contributed by atoms with Gasteiger partial charge in [0.05, 0.1) is 11.6 Å². The molecule has 22 heavy (non-hydrogen) atoms. The molecule has 0 radical (unpaired) electrons. The predicted molar refractivity (Wildman–Crippen MR) is 76.8 cm³/mol. The lowest BCUT2D eigenvalue weighted by Gasteiger charge is -2.09. The number of nitrogens with zero attached hydrogens (tertiary/aromatic N) is 4. The molecule has 0 saturated heterocycles. The fourth-order valence-electron chi connectivity index (χ4n) is 2.81. The second-order valence-electron chi connectivity index (χ2n) is 5.39. The van der Waals surface area contributed by atoms with E-state index in [0.29, 0.717) is 17.6 Å². The molecule has 110 valence electrons. The van der Waals surface area contributed by atoms with Crippen LogP contribution in [0.3, 0.4) is 0 Å². The average Bonchev–Trinajstić information content (AvgIpc) is 3.17. The number of phenols is 1. The van der Waals surface area contributed by atoms with E-state index in [1.165, 1.54) is 0 Å². The lowest BCUT2D eigenvalue weighted by Crippen LogP contribution is -2.06. The van der Waals surface area contributed by atoms with Gasteiger partial charge in [0.1, 0.15) is 5.75 Å². The molecule has 1 aliphatic rings. The molecular formula is C15H12N4O3. The molecule has 1 aliphatic carbocycles. The van der Waals surface area contributed by atoms with E-state index in [1.807, 2.05) is 24.3 Å². The van der Waals surface area contributed by atoms with Gasteiger partial charge in [-0.05, 0) is 29.0 Å². The third-order valence-electron chi connectivity index (χ3n) is 4.04. The zero-order chi connectivity index (χ0) is 15.3. The van der Waals surface area contributed by atoms with Crippen molar-refractivity contribution in [3.05, 3.63) is 42.2 Å². The second-order valence-corrected chi connectivity index (χ2v) is 5.39. The number of rotatable bonds is 3. The van der Waals surface area contributed by atoms with Gasteiger partial charge in [0.2, 0.25) is 0 Å². The van der Waals surface area contributed by atoms with Crippen molar-refractivity contribution in [1.82, 2.24) is 20.2 Å². The van der Waals surface area contributed by atoms with Crippen molar-refractivity contribution in [2.45, 2.75) is 12.3 Å². The summed E-state index contributed by atoms with van der Waals surface area (Å²) >= 11 is 0. The first-order chi connectivity index (χ1) is 10.7. The molecule has 1 aromatic heterocycles. The standard InChI is InChI=1S/C15H12N4O3/c20-13-6-2-3-8-9(13)4-1-5-12(8)19-14(16-17-18-19)10-7-11(10)15(21)22/h1-6,10-11,20H,7H2,(H,21,22). The minimum Gasteiger partial charge on any atom is -0.507 e. The summed E-state index contributed by atoms with van der Waals surface area (Å²) < 4.78 is 1.56. The van der Waals surface area contributed by atoms with Crippen LogP contribution in [-0.2, 0) is 4.79 Å². The Bertz CT molecular complexity index is 889. The number of hydrogen-bond acceptors (Lipinski definition) is 5. The van der Waals surface area contributed by atoms with E-state index >= 15 is 0 Å². The van der Waals surface area contributed by atoms with Crippen LogP contribution >= 0.6 is 0 Å². The molecule has 4 rings (SSSR count). The van der Waals surface area contributed by atoms with Gasteiger partial charge in [0.25, 0.3) is 0 Å². The number of carboxylic acid groups (broad SMARTS) is 1. The van der Waals surface area contributed by atoms with E-state index in [-0.39, 0.29) is 11.7 Å². The van der Waals surface area contributed by atoms with E-state index in [1.54, 1.807) is 16.8 Å². The first-order valence-corrected chi connectivity index (χ1v) is 6.89. The molecule has 1 saturated carbocycles. The summed E-state index contributed by atoms with van der Waals surface area (Å²) in [5.74, 6) is -0.685. The zero-order valence-corrected chi connectivity index (χ0v) is 11.4. The number of benzene rings is 2. The fourth-order valence-corrected chi connectivity index (χ4v) is 2.81. The molecule has 2 aromatic carbocycles. The summed E-state index contributed by atoms with van der Waals surface area (Å²) in [6.45, 7) is 0. The predicted octanol–water partition coefficient (Wildman–Crippen LogP) is 1.71. The van der Waals surface area contributed by atoms with Crippen LogP contribution in [0.1, 0.15) is 18.2 Å². The molecular weight excluding hydrogens is 284 g/mol. The highest BCUT2D eigenvalue weighted by atomic mass is 16.4. The van der Waals surface area contributed by atoms with Crippen molar-refractivity contribution >= 4 is 16.7 Å². The van der Waals surface area contributed by atoms with E-state index in [4.69, 9.17) is 5.11 Å². The average molecular weight is 296 g/mol. The van der Waals surface area contributed by atoms with Gasteiger partial charge in [-0.1, -0.05) is 24.3 Å². The highest BCUT2D eigenvalue weighted by Crippen LogP contribution is 2.47. The summed E-state index contributed by atoms with van der Waals surface area (Å²) in [7, 11) is 0. The van der Waals surface area contributed by atoms with Gasteiger partial charge in [0.15, 0.2) is 5.82 Å². The third-order valence-corrected chi connectivity index (χ3v) is 4.04. The Hall–Kier alpha value is -2.96. The number of aromatic nitrogens is 4. The van der Waals surface area contributed by atoms with Crippen LogP contribution in [0.5, 0.6) is 5.75 Å². The van der Waals surface area contributed by atoms with E-state index < -0.39 is 11.9 Å². The molecule has 0 bridgehead atoms. The minimum absolute atomic E-state index is 0.167. The topological polar surface area (TPSA) is 101 Å². The van der Waals surface area contributed by atoms with Crippen molar-refractivity contribution in [3.63, 3.8) is 0 Å². The number of phenolic OH excluding ortho intramolecular Hbond substituents is 1. The third kappa shape index (κ3) is 1.82. The molecule has 3 aromatic rings. The van der Waals surface area contributed by atoms with Crippen LogP contribution in [0.15, 0.2) is 36.4 Å². The van der Waals surface area contributed by atoms with Crippen molar-refractivity contribution in [3.8, 4) is 11.4 Å². The Morgan fingerprint density at radius 3 is 2.73 bits per heavy atom. The van der Waals surface area contributed by atoms with Crippen LogP contribution < -0.4 is 0 Å². The van der Waals surface area contributed by atoms with Crippen molar-refractivity contribution in [2.75, 3.05) is 0 Å². The SMILES string of the molecule is O=C(O)C1CC1c1nnnn1-c1cccc2c(O)cccc12. The Morgan fingerprint density at radius 1 is 1.18 bits per heavy atom. The maximum Gasteiger partial charge on any atom is 0.307 e. The van der Waals surface area contributed by atoms with Crippen LogP contribution in [0.2, 0.25) is 0 Å². The van der Waals surface area contributed by atoms with Crippen LogP contribution in [-0.4, -0.2) is 36.4 Å². The zero-order valence-electron chi connectivity index (χ0n) is 11.4. The number of carbonyl (C=O) groups is 1. The molecule has 7 nitrogen and oxygen atoms in total. The molecule has 2 N–H and O–H groups in total. The highest BCUT2D eigenvalue weighted by molar-refractivity contribution is 5.94. The number of tetrazole rings is 1. The Morgan fingerprint density at radius 2 is 1.95 bits per heavy atom. The lowest BCUT2D eigenvalue weighted by atomic mass is 10.1. The first-order valence-electron chi connectivity index (χ1n) is 6.89. The molecule has 1 heterocycles. The van der Waals surface area contributed by atoms with Crippen LogP contribution in [0.4, 0.5) is 0 Å². The maximum absolute atomic E-state index is 11.1. The summed E-state index contributed by atoms with van der Waals surface area (Å²) in [5.41, 5.74) is 0.726. The molecule has 1 fully saturated rings. The number of fused-ring (bicyclic) bond motifs is 1. The van der Waals surface area contributed by atoms with E-state index in [2.05, 4.69) is 15.5 Å². The lowest BCUT2D eigenvalue weighted by molar-refractivity contribution is -0.138. The van der Waals surface area contributed by atoms with Gasteiger partial charge in [-0.3, -0.25) is 4.79 Å². The van der Waals surface area contributed by atoms with Crippen molar-refractivity contribution in [1.29, 1.82) is 0 Å². The Kier molecular flexibility index (Phi) is 2.62. The molecule has 2 atom stereocenters. The van der Waals surface area contributed by atoms with Crippen molar-refractivity contribution in [2.24, 2.45) is 5.92 Å². The highest BCUT2D eigenvalue weighted by Gasteiger charge is 2.47. The van der Waals surface area contributed by atoms with Gasteiger partial charge in [-0.2, -0.15) is 4.68 Å². The van der Waals surface area contributed by atoms with Gasteiger partial charge in [-0.15, -0.1) is 5.10 Å². The molecule has 0 aliphatic heterocycles. The minimum atomic E-state index is -0.824. The summed E-state index contributed by atoms with van der Waals surface area (Å²) in [4.78, 5) is 11.1. The largest absolute Gasteiger partial charge is 0.507 e. The number of carboxylic acids is 1. The van der Waals surface area contributed by atoms with Gasteiger partial charge in [-0.25, -0.2) is 0 Å². The molecule has 0 spiro atoms. The summed E-state index contributed by atoms with van der Waals surface area (Å²) in [5, 5.41) is 32.2. The van der Waals surface area contributed by atoms with E-state index in [0.717, 1.165) is 11.1 Å². The smallest absolute Gasteiger partial charge is 0.307 e. The normalized spacial score (nSPS) is 20.2. The molecule has 0 amide bonds. The van der Waals surface area contributed by atoms with Crippen LogP contribution in [0.25, 0.3) is 16.5 Å². The Balaban J connectivity index is 1.86. The Labute approximate surface area is 124 Å². The number of hydrogen-bond donors (Lipinski definition) is 2. The monoisotopic (exact) mass is 296 g/mol. The fraction of sp³-hybridized carbons (Fsp3) is 0.200. The first kappa shape index (κ1) is 12.8. The van der Waals surface area contributed by atoms with Crippen molar-refractivity contribution < 1.29 is 15.0 Å².